The Balaban J connectivity index is 1.65. The summed E-state index contributed by atoms with van der Waals surface area (Å²) in [6.45, 7) is 2.90. The van der Waals surface area contributed by atoms with Gasteiger partial charge in [-0.2, -0.15) is 4.31 Å². The van der Waals surface area contributed by atoms with Crippen molar-refractivity contribution < 1.29 is 12.8 Å². The van der Waals surface area contributed by atoms with Gasteiger partial charge in [0.05, 0.1) is 4.90 Å². The van der Waals surface area contributed by atoms with E-state index >= 15 is 0 Å². The molecule has 0 radical (unpaired) electrons. The zero-order valence-corrected chi connectivity index (χ0v) is 14.7. The molecular formula is C19H19FN2O2S. The van der Waals surface area contributed by atoms with E-state index in [1.165, 1.54) is 45.1 Å². The zero-order valence-electron chi connectivity index (χ0n) is 13.9. The fraction of sp³-hybridized carbons (Fsp3) is 0.263. The molecule has 2 heterocycles. The maximum absolute atomic E-state index is 13.1. The quantitative estimate of drug-likeness (QED) is 0.763. The van der Waals surface area contributed by atoms with Crippen molar-refractivity contribution in [2.75, 3.05) is 13.1 Å². The van der Waals surface area contributed by atoms with Gasteiger partial charge in [0.25, 0.3) is 0 Å². The molecule has 0 unspecified atom stereocenters. The van der Waals surface area contributed by atoms with Gasteiger partial charge in [-0.3, -0.25) is 0 Å². The maximum atomic E-state index is 13.1. The van der Waals surface area contributed by atoms with Crippen LogP contribution in [0.2, 0.25) is 0 Å². The predicted octanol–water partition coefficient (Wildman–Crippen LogP) is 3.40. The van der Waals surface area contributed by atoms with Crippen LogP contribution in [0, 0.1) is 12.7 Å². The Morgan fingerprint density at radius 2 is 1.76 bits per heavy atom. The molecule has 0 spiro atoms. The molecule has 4 rings (SSSR count). The van der Waals surface area contributed by atoms with Crippen molar-refractivity contribution in [3.8, 4) is 0 Å². The molecule has 0 fully saturated rings. The van der Waals surface area contributed by atoms with Gasteiger partial charge < -0.3 is 4.98 Å². The van der Waals surface area contributed by atoms with E-state index in [9.17, 15) is 12.8 Å². The summed E-state index contributed by atoms with van der Waals surface area (Å²) >= 11 is 0. The number of fused-ring (bicyclic) bond motifs is 3. The Bertz CT molecular complexity index is 1040. The van der Waals surface area contributed by atoms with Gasteiger partial charge in [-0.25, -0.2) is 12.8 Å². The summed E-state index contributed by atoms with van der Waals surface area (Å²) in [6, 6.07) is 11.3. The SMILES string of the molecule is Cc1ccc2[nH]c3c(c2c1)CCN(S(=O)(=O)c1ccc(F)cc1)CC3. The molecule has 3 aromatic rings. The van der Waals surface area contributed by atoms with Gasteiger partial charge >= 0.3 is 0 Å². The van der Waals surface area contributed by atoms with Crippen molar-refractivity contribution in [2.45, 2.75) is 24.7 Å². The number of aromatic nitrogens is 1. The van der Waals surface area contributed by atoms with E-state index in [4.69, 9.17) is 0 Å². The van der Waals surface area contributed by atoms with Gasteiger partial charge in [-0.1, -0.05) is 11.6 Å². The summed E-state index contributed by atoms with van der Waals surface area (Å²) in [7, 11) is -3.61. The van der Waals surface area contributed by atoms with Crippen molar-refractivity contribution in [3.05, 3.63) is 65.1 Å². The summed E-state index contributed by atoms with van der Waals surface area (Å²) in [4.78, 5) is 3.57. The number of halogens is 1. The summed E-state index contributed by atoms with van der Waals surface area (Å²) in [5.41, 5.74) is 4.60. The van der Waals surface area contributed by atoms with Crippen LogP contribution in [0.4, 0.5) is 4.39 Å². The Morgan fingerprint density at radius 3 is 2.52 bits per heavy atom. The number of rotatable bonds is 2. The number of benzene rings is 2. The summed E-state index contributed by atoms with van der Waals surface area (Å²) in [6.07, 6.45) is 1.31. The fourth-order valence-electron chi connectivity index (χ4n) is 3.50. The highest BCUT2D eigenvalue weighted by molar-refractivity contribution is 7.89. The topological polar surface area (TPSA) is 53.2 Å². The minimum Gasteiger partial charge on any atom is -0.358 e. The second-order valence-electron chi connectivity index (χ2n) is 6.49. The Labute approximate surface area is 146 Å². The van der Waals surface area contributed by atoms with Crippen LogP contribution >= 0.6 is 0 Å². The lowest BCUT2D eigenvalue weighted by atomic mass is 10.1. The van der Waals surface area contributed by atoms with Crippen LogP contribution in [-0.2, 0) is 22.9 Å². The Kier molecular flexibility index (Phi) is 3.89. The average Bonchev–Trinajstić information content (AvgIpc) is 2.78. The van der Waals surface area contributed by atoms with Gasteiger partial charge in [-0.05, 0) is 55.3 Å². The van der Waals surface area contributed by atoms with Crippen molar-refractivity contribution in [3.63, 3.8) is 0 Å². The second kappa shape index (κ2) is 5.97. The van der Waals surface area contributed by atoms with Crippen LogP contribution in [0.15, 0.2) is 47.4 Å². The highest BCUT2D eigenvalue weighted by atomic mass is 32.2. The first-order valence-corrected chi connectivity index (χ1v) is 9.75. The fourth-order valence-corrected chi connectivity index (χ4v) is 4.94. The molecule has 0 aliphatic carbocycles. The van der Waals surface area contributed by atoms with Crippen molar-refractivity contribution in [1.82, 2.24) is 9.29 Å². The first-order valence-electron chi connectivity index (χ1n) is 8.31. The number of hydrogen-bond donors (Lipinski definition) is 1. The summed E-state index contributed by atoms with van der Waals surface area (Å²) in [5.74, 6) is -0.438. The Hall–Kier alpha value is -2.18. The first-order chi connectivity index (χ1) is 11.9. The molecule has 0 saturated heterocycles. The molecule has 0 amide bonds. The maximum Gasteiger partial charge on any atom is 0.243 e. The molecule has 0 atom stereocenters. The highest BCUT2D eigenvalue weighted by Gasteiger charge is 2.27. The van der Waals surface area contributed by atoms with Crippen molar-refractivity contribution in [1.29, 1.82) is 0 Å². The molecule has 0 saturated carbocycles. The van der Waals surface area contributed by atoms with Crippen LogP contribution < -0.4 is 0 Å². The molecule has 6 heteroatoms. The lowest BCUT2D eigenvalue weighted by Gasteiger charge is -2.20. The minimum absolute atomic E-state index is 0.139. The number of sulfonamides is 1. The molecule has 1 aromatic heterocycles. The van der Waals surface area contributed by atoms with E-state index in [1.54, 1.807) is 0 Å². The second-order valence-corrected chi connectivity index (χ2v) is 8.43. The predicted molar refractivity (Wildman–Crippen MR) is 95.6 cm³/mol. The van der Waals surface area contributed by atoms with Gasteiger partial charge in [0.1, 0.15) is 5.82 Å². The zero-order chi connectivity index (χ0) is 17.6. The van der Waals surface area contributed by atoms with E-state index in [-0.39, 0.29) is 4.90 Å². The van der Waals surface area contributed by atoms with E-state index in [0.29, 0.717) is 25.9 Å². The van der Waals surface area contributed by atoms with E-state index in [2.05, 4.69) is 30.1 Å². The molecule has 1 aliphatic heterocycles. The standard InChI is InChI=1S/C19H19FN2O2S/c1-13-2-7-18-17(12-13)16-8-10-22(11-9-19(16)21-18)25(23,24)15-5-3-14(20)4-6-15/h2-7,12,21H,8-11H2,1H3. The van der Waals surface area contributed by atoms with Crippen molar-refractivity contribution >= 4 is 20.9 Å². The lowest BCUT2D eigenvalue weighted by molar-refractivity contribution is 0.426. The normalized spacial score (nSPS) is 15.9. The minimum atomic E-state index is -3.61. The van der Waals surface area contributed by atoms with Gasteiger partial charge in [0, 0.05) is 36.1 Å². The smallest absolute Gasteiger partial charge is 0.243 e. The largest absolute Gasteiger partial charge is 0.358 e. The van der Waals surface area contributed by atoms with Crippen LogP contribution in [-0.4, -0.2) is 30.8 Å². The van der Waals surface area contributed by atoms with Crippen molar-refractivity contribution in [2.24, 2.45) is 0 Å². The van der Waals surface area contributed by atoms with E-state index in [1.807, 2.05) is 0 Å². The van der Waals surface area contributed by atoms with Crippen LogP contribution in [0.25, 0.3) is 10.9 Å². The molecule has 1 aliphatic rings. The van der Waals surface area contributed by atoms with Crippen LogP contribution in [0.3, 0.4) is 0 Å². The third-order valence-corrected chi connectivity index (χ3v) is 6.74. The molecular weight excluding hydrogens is 339 g/mol. The highest BCUT2D eigenvalue weighted by Crippen LogP contribution is 2.28. The molecule has 25 heavy (non-hydrogen) atoms. The number of nitrogens with one attached hydrogen (secondary N) is 1. The number of nitrogens with zero attached hydrogens (tertiary/aromatic N) is 1. The first kappa shape index (κ1) is 16.3. The third-order valence-electron chi connectivity index (χ3n) is 4.82. The van der Waals surface area contributed by atoms with E-state index in [0.717, 1.165) is 11.2 Å². The molecule has 4 nitrogen and oxygen atoms in total. The number of aryl methyl sites for hydroxylation is 1. The lowest BCUT2D eigenvalue weighted by Crippen LogP contribution is -2.33. The number of H-pyrrole nitrogens is 1. The third kappa shape index (κ3) is 2.85. The van der Waals surface area contributed by atoms with Crippen LogP contribution in [0.1, 0.15) is 16.8 Å². The van der Waals surface area contributed by atoms with Gasteiger partial charge in [0.2, 0.25) is 10.0 Å². The van der Waals surface area contributed by atoms with Gasteiger partial charge in [0.15, 0.2) is 0 Å². The number of hydrogen-bond acceptors (Lipinski definition) is 2. The van der Waals surface area contributed by atoms with Crippen LogP contribution in [0.5, 0.6) is 0 Å². The molecule has 1 N–H and O–H groups in total. The molecule has 130 valence electrons. The monoisotopic (exact) mass is 358 g/mol. The van der Waals surface area contributed by atoms with Gasteiger partial charge in [-0.15, -0.1) is 0 Å². The molecule has 0 bridgehead atoms. The summed E-state index contributed by atoms with van der Waals surface area (Å²) in [5, 5.41) is 1.18. The Morgan fingerprint density at radius 1 is 1.04 bits per heavy atom. The number of aromatic amines is 1. The van der Waals surface area contributed by atoms with E-state index < -0.39 is 15.8 Å². The average molecular weight is 358 g/mol. The summed E-state index contributed by atoms with van der Waals surface area (Å²) < 4.78 is 40.3. The molecule has 2 aromatic carbocycles.